The highest BCUT2D eigenvalue weighted by atomic mass is 16.4. The zero-order valence-electron chi connectivity index (χ0n) is 11.0. The molecule has 2 rings (SSSR count). The molecule has 0 amide bonds. The molecule has 0 saturated heterocycles. The molecular formula is C15H24O2. The lowest BCUT2D eigenvalue weighted by atomic mass is 9.62. The third kappa shape index (κ3) is 2.56. The van der Waals surface area contributed by atoms with E-state index in [9.17, 15) is 4.79 Å². The van der Waals surface area contributed by atoms with Crippen LogP contribution in [0, 0.1) is 23.2 Å². The van der Waals surface area contributed by atoms with E-state index in [1.165, 1.54) is 18.4 Å². The van der Waals surface area contributed by atoms with Crippen molar-refractivity contribution in [3.63, 3.8) is 0 Å². The van der Waals surface area contributed by atoms with E-state index in [1.54, 1.807) is 0 Å². The topological polar surface area (TPSA) is 37.3 Å². The molecule has 2 fully saturated rings. The first kappa shape index (κ1) is 12.7. The maximum Gasteiger partial charge on any atom is 0.303 e. The zero-order chi connectivity index (χ0) is 12.6. The lowest BCUT2D eigenvalue weighted by Gasteiger charge is -2.43. The highest BCUT2D eigenvalue weighted by Crippen LogP contribution is 2.52. The Morgan fingerprint density at radius 3 is 2.76 bits per heavy atom. The summed E-state index contributed by atoms with van der Waals surface area (Å²) in [6, 6.07) is 0. The van der Waals surface area contributed by atoms with Gasteiger partial charge in [-0.15, -0.1) is 0 Å². The molecule has 2 heteroatoms. The molecule has 2 nitrogen and oxygen atoms in total. The van der Waals surface area contributed by atoms with E-state index >= 15 is 0 Å². The van der Waals surface area contributed by atoms with Gasteiger partial charge in [-0.05, 0) is 55.3 Å². The Morgan fingerprint density at radius 1 is 1.41 bits per heavy atom. The molecule has 0 aromatic rings. The minimum absolute atomic E-state index is 0.344. The molecule has 0 heterocycles. The van der Waals surface area contributed by atoms with E-state index < -0.39 is 5.97 Å². The molecule has 2 saturated carbocycles. The van der Waals surface area contributed by atoms with Crippen LogP contribution in [0.15, 0.2) is 12.2 Å². The smallest absolute Gasteiger partial charge is 0.303 e. The Morgan fingerprint density at radius 2 is 2.12 bits per heavy atom. The molecule has 96 valence electrons. The van der Waals surface area contributed by atoms with Crippen LogP contribution < -0.4 is 0 Å². The normalized spacial score (nSPS) is 36.4. The summed E-state index contributed by atoms with van der Waals surface area (Å²) < 4.78 is 0. The van der Waals surface area contributed by atoms with Gasteiger partial charge in [-0.2, -0.15) is 0 Å². The number of aliphatic carboxylic acids is 1. The van der Waals surface area contributed by atoms with Crippen LogP contribution in [-0.4, -0.2) is 11.1 Å². The molecule has 3 atom stereocenters. The van der Waals surface area contributed by atoms with Gasteiger partial charge in [0.05, 0.1) is 0 Å². The molecule has 17 heavy (non-hydrogen) atoms. The van der Waals surface area contributed by atoms with Crippen LogP contribution >= 0.6 is 0 Å². The van der Waals surface area contributed by atoms with Crippen molar-refractivity contribution in [1.82, 2.24) is 0 Å². The maximum atomic E-state index is 10.9. The predicted octanol–water partition coefficient (Wildman–Crippen LogP) is 3.87. The van der Waals surface area contributed by atoms with E-state index in [4.69, 9.17) is 5.11 Å². The first-order valence-electron chi connectivity index (χ1n) is 6.80. The third-order valence-electron chi connectivity index (χ3n) is 5.00. The fraction of sp³-hybridized carbons (Fsp3) is 0.800. The Labute approximate surface area is 104 Å². The predicted molar refractivity (Wildman–Crippen MR) is 68.7 cm³/mol. The van der Waals surface area contributed by atoms with Gasteiger partial charge in [-0.3, -0.25) is 4.79 Å². The van der Waals surface area contributed by atoms with Crippen molar-refractivity contribution in [3.05, 3.63) is 12.2 Å². The van der Waals surface area contributed by atoms with Gasteiger partial charge in [0.2, 0.25) is 0 Å². The van der Waals surface area contributed by atoms with Crippen molar-refractivity contribution in [2.24, 2.45) is 23.2 Å². The Bertz CT molecular complexity index is 330. The van der Waals surface area contributed by atoms with Gasteiger partial charge in [0.1, 0.15) is 0 Å². The first-order valence-corrected chi connectivity index (χ1v) is 6.80. The molecular weight excluding hydrogens is 212 g/mol. The molecule has 2 aliphatic carbocycles. The Kier molecular flexibility index (Phi) is 3.33. The maximum absolute atomic E-state index is 10.9. The largest absolute Gasteiger partial charge is 0.481 e. The minimum atomic E-state index is -0.642. The van der Waals surface area contributed by atoms with E-state index in [1.807, 2.05) is 0 Å². The number of carboxylic acids is 1. The average Bonchev–Trinajstić information content (AvgIpc) is 2.31. The van der Waals surface area contributed by atoms with Gasteiger partial charge < -0.3 is 5.11 Å². The summed E-state index contributed by atoms with van der Waals surface area (Å²) in [5.41, 5.74) is 1.78. The van der Waals surface area contributed by atoms with Gasteiger partial charge in [-0.25, -0.2) is 0 Å². The molecule has 2 bridgehead atoms. The second-order valence-electron chi connectivity index (χ2n) is 6.63. The number of fused-ring (bicyclic) bond motifs is 2. The average molecular weight is 236 g/mol. The third-order valence-corrected chi connectivity index (χ3v) is 5.00. The SMILES string of the molecule is C=C1C2CCC(C)(C)C1CCC(CC(=O)O)C2. The molecule has 0 aromatic heterocycles. The fourth-order valence-electron chi connectivity index (χ4n) is 3.89. The van der Waals surface area contributed by atoms with Crippen LogP contribution in [0.3, 0.4) is 0 Å². The van der Waals surface area contributed by atoms with Gasteiger partial charge >= 0.3 is 5.97 Å². The number of carbonyl (C=O) groups is 1. The first-order chi connectivity index (χ1) is 7.90. The van der Waals surface area contributed by atoms with Crippen molar-refractivity contribution < 1.29 is 9.90 Å². The second-order valence-corrected chi connectivity index (χ2v) is 6.63. The summed E-state index contributed by atoms with van der Waals surface area (Å²) in [6.07, 6.45) is 6.07. The van der Waals surface area contributed by atoms with Crippen molar-refractivity contribution in [1.29, 1.82) is 0 Å². The van der Waals surface area contributed by atoms with E-state index in [2.05, 4.69) is 20.4 Å². The van der Waals surface area contributed by atoms with Crippen LogP contribution in [0.1, 0.15) is 52.4 Å². The number of hydrogen-bond donors (Lipinski definition) is 1. The number of carboxylic acid groups (broad SMARTS) is 1. The molecule has 3 unspecified atom stereocenters. The van der Waals surface area contributed by atoms with E-state index in [0.29, 0.717) is 29.6 Å². The Hall–Kier alpha value is -0.790. The molecule has 0 aliphatic heterocycles. The second kappa shape index (κ2) is 4.47. The lowest BCUT2D eigenvalue weighted by Crippen LogP contribution is -2.32. The summed E-state index contributed by atoms with van der Waals surface area (Å²) in [7, 11) is 0. The van der Waals surface area contributed by atoms with Gasteiger partial charge in [0, 0.05) is 6.42 Å². The van der Waals surface area contributed by atoms with Crippen molar-refractivity contribution in [2.75, 3.05) is 0 Å². The van der Waals surface area contributed by atoms with Crippen LogP contribution in [0.4, 0.5) is 0 Å². The van der Waals surface area contributed by atoms with Gasteiger partial charge in [0.15, 0.2) is 0 Å². The number of rotatable bonds is 2. The summed E-state index contributed by atoms with van der Waals surface area (Å²) in [5.74, 6) is 0.921. The van der Waals surface area contributed by atoms with Crippen molar-refractivity contribution in [2.45, 2.75) is 52.4 Å². The lowest BCUT2D eigenvalue weighted by molar-refractivity contribution is -0.138. The van der Waals surface area contributed by atoms with Crippen molar-refractivity contribution >= 4 is 5.97 Å². The highest BCUT2D eigenvalue weighted by Gasteiger charge is 2.41. The minimum Gasteiger partial charge on any atom is -0.481 e. The molecule has 1 N–H and O–H groups in total. The summed E-state index contributed by atoms with van der Waals surface area (Å²) in [4.78, 5) is 10.9. The van der Waals surface area contributed by atoms with Gasteiger partial charge in [-0.1, -0.05) is 26.0 Å². The highest BCUT2D eigenvalue weighted by molar-refractivity contribution is 5.67. The number of allylic oxidation sites excluding steroid dienone is 1. The van der Waals surface area contributed by atoms with Gasteiger partial charge in [0.25, 0.3) is 0 Å². The van der Waals surface area contributed by atoms with Crippen LogP contribution in [-0.2, 0) is 4.79 Å². The summed E-state index contributed by atoms with van der Waals surface area (Å²) in [5, 5.41) is 8.94. The summed E-state index contributed by atoms with van der Waals surface area (Å²) >= 11 is 0. The Balaban J connectivity index is 2.13. The van der Waals surface area contributed by atoms with Crippen molar-refractivity contribution in [3.8, 4) is 0 Å². The van der Waals surface area contributed by atoms with Crippen LogP contribution in [0.25, 0.3) is 0 Å². The molecule has 0 radical (unpaired) electrons. The standard InChI is InChI=1S/C15H24O2/c1-10-12-6-7-15(2,3)13(10)5-4-11(8-12)9-14(16)17/h11-13H,1,4-9H2,2-3H3,(H,16,17). The van der Waals surface area contributed by atoms with E-state index in [-0.39, 0.29) is 0 Å². The quantitative estimate of drug-likeness (QED) is 0.739. The fourth-order valence-corrected chi connectivity index (χ4v) is 3.89. The molecule has 0 spiro atoms. The summed E-state index contributed by atoms with van der Waals surface area (Å²) in [6.45, 7) is 9.01. The van der Waals surface area contributed by atoms with E-state index in [0.717, 1.165) is 19.3 Å². The monoisotopic (exact) mass is 236 g/mol. The van der Waals surface area contributed by atoms with Crippen LogP contribution in [0.2, 0.25) is 0 Å². The molecule has 0 aromatic carbocycles. The number of hydrogen-bond acceptors (Lipinski definition) is 1. The van der Waals surface area contributed by atoms with Crippen LogP contribution in [0.5, 0.6) is 0 Å². The molecule has 2 aliphatic rings. The zero-order valence-corrected chi connectivity index (χ0v) is 11.0.